The number of nitrogens with zero attached hydrogens (tertiary/aromatic N) is 2. The maximum Gasteiger partial charge on any atom is 0.279 e. The van der Waals surface area contributed by atoms with Crippen molar-refractivity contribution < 1.29 is 26.4 Å². The van der Waals surface area contributed by atoms with Gasteiger partial charge in [-0.05, 0) is 62.4 Å². The molecule has 0 aliphatic heterocycles. The molecule has 1 heterocycles. The van der Waals surface area contributed by atoms with Crippen molar-refractivity contribution >= 4 is 53.2 Å². The lowest BCUT2D eigenvalue weighted by molar-refractivity contribution is 0.0996. The highest BCUT2D eigenvalue weighted by Crippen LogP contribution is 2.22. The van der Waals surface area contributed by atoms with E-state index in [0.717, 1.165) is 16.9 Å². The molecule has 4 rings (SSSR count). The molecule has 3 N–H and O–H groups in total. The van der Waals surface area contributed by atoms with E-state index in [0.29, 0.717) is 34.8 Å². The van der Waals surface area contributed by atoms with Crippen LogP contribution in [0.5, 0.6) is 0 Å². The Morgan fingerprint density at radius 3 is 2.42 bits per heavy atom. The second kappa shape index (κ2) is 11.2. The van der Waals surface area contributed by atoms with Gasteiger partial charge in [0.25, 0.3) is 15.9 Å². The van der Waals surface area contributed by atoms with Crippen molar-refractivity contribution in [3.05, 3.63) is 82.7 Å². The number of sulfonamides is 2. The van der Waals surface area contributed by atoms with Crippen LogP contribution in [0.4, 0.5) is 5.69 Å². The van der Waals surface area contributed by atoms with Gasteiger partial charge in [0.05, 0.1) is 26.6 Å². The van der Waals surface area contributed by atoms with Gasteiger partial charge in [-0.15, -0.1) is 0 Å². The Hall–Kier alpha value is -3.36. The van der Waals surface area contributed by atoms with Gasteiger partial charge in [-0.2, -0.15) is 4.99 Å². The number of aromatic nitrogens is 1. The van der Waals surface area contributed by atoms with Crippen molar-refractivity contribution in [2.45, 2.75) is 30.2 Å². The molecule has 10 nitrogen and oxygen atoms in total. The van der Waals surface area contributed by atoms with Crippen LogP contribution in [0.3, 0.4) is 0 Å². The van der Waals surface area contributed by atoms with Crippen LogP contribution in [0.15, 0.2) is 81.5 Å². The fourth-order valence-corrected chi connectivity index (χ4v) is 6.39. The number of hydrogen-bond donors (Lipinski definition) is 2. The molecule has 0 radical (unpaired) electrons. The van der Waals surface area contributed by atoms with Gasteiger partial charge in [0, 0.05) is 24.4 Å². The van der Waals surface area contributed by atoms with E-state index >= 15 is 0 Å². The van der Waals surface area contributed by atoms with Crippen LogP contribution in [0, 0.1) is 6.92 Å². The number of rotatable bonds is 9. The summed E-state index contributed by atoms with van der Waals surface area (Å²) in [6, 6.07) is 16.9. The molecule has 0 spiro atoms. The van der Waals surface area contributed by atoms with Gasteiger partial charge in [-0.3, -0.25) is 9.52 Å². The number of thiazole rings is 1. The fraction of sp³-hybridized carbons (Fsp3) is 0.200. The molecule has 0 unspecified atom stereocenters. The second-order valence-electron chi connectivity index (χ2n) is 8.32. The predicted molar refractivity (Wildman–Crippen MR) is 146 cm³/mol. The minimum atomic E-state index is -3.91. The molecule has 0 saturated carbocycles. The Labute approximate surface area is 224 Å². The molecular weight excluding hydrogens is 548 g/mol. The predicted octanol–water partition coefficient (Wildman–Crippen LogP) is 3.24. The summed E-state index contributed by atoms with van der Waals surface area (Å²) in [7, 11) is -7.76. The van der Waals surface area contributed by atoms with Gasteiger partial charge >= 0.3 is 0 Å². The second-order valence-corrected chi connectivity index (χ2v) is 12.6. The van der Waals surface area contributed by atoms with E-state index in [1.807, 2.05) is 13.8 Å². The van der Waals surface area contributed by atoms with Crippen LogP contribution in [-0.2, 0) is 31.3 Å². The van der Waals surface area contributed by atoms with Crippen LogP contribution in [0.25, 0.3) is 10.2 Å². The summed E-state index contributed by atoms with van der Waals surface area (Å²) in [4.78, 5) is 17.8. The molecule has 0 saturated heterocycles. The van der Waals surface area contributed by atoms with Crippen LogP contribution in [0.1, 0.15) is 22.8 Å². The monoisotopic (exact) mass is 574 g/mol. The van der Waals surface area contributed by atoms with Gasteiger partial charge in [-0.1, -0.05) is 35.1 Å². The third-order valence-corrected chi connectivity index (χ3v) is 8.89. The average Bonchev–Trinajstić information content (AvgIpc) is 3.20. The van der Waals surface area contributed by atoms with Crippen molar-refractivity contribution in [2.75, 3.05) is 17.9 Å². The van der Waals surface area contributed by atoms with Crippen LogP contribution in [-0.4, -0.2) is 40.5 Å². The van der Waals surface area contributed by atoms with E-state index in [2.05, 4.69) is 9.71 Å². The number of ether oxygens (including phenoxy) is 1. The molecule has 1 aromatic heterocycles. The molecule has 38 heavy (non-hydrogen) atoms. The zero-order chi connectivity index (χ0) is 27.5. The minimum Gasteiger partial charge on any atom is -0.380 e. The van der Waals surface area contributed by atoms with E-state index in [9.17, 15) is 21.6 Å². The van der Waals surface area contributed by atoms with E-state index < -0.39 is 26.0 Å². The summed E-state index contributed by atoms with van der Waals surface area (Å²) in [5, 5.41) is 5.27. The highest BCUT2D eigenvalue weighted by molar-refractivity contribution is 7.92. The van der Waals surface area contributed by atoms with Gasteiger partial charge in [0.15, 0.2) is 4.80 Å². The maximum atomic E-state index is 13.1. The highest BCUT2D eigenvalue weighted by atomic mass is 32.2. The van der Waals surface area contributed by atoms with Crippen molar-refractivity contribution in [2.24, 2.45) is 10.1 Å². The Morgan fingerprint density at radius 1 is 1.03 bits per heavy atom. The van der Waals surface area contributed by atoms with Crippen molar-refractivity contribution in [1.29, 1.82) is 0 Å². The molecule has 1 amide bonds. The number of nitrogens with one attached hydrogen (secondary N) is 1. The summed E-state index contributed by atoms with van der Waals surface area (Å²) >= 11 is 1.14. The van der Waals surface area contributed by atoms with Crippen LogP contribution in [0.2, 0.25) is 0 Å². The average molecular weight is 575 g/mol. The van der Waals surface area contributed by atoms with Crippen LogP contribution < -0.4 is 14.7 Å². The number of hydrogen-bond acceptors (Lipinski definition) is 7. The first kappa shape index (κ1) is 27.7. The molecule has 4 aromatic rings. The van der Waals surface area contributed by atoms with Gasteiger partial charge < -0.3 is 9.30 Å². The number of nitrogens with two attached hydrogens (primary N) is 1. The van der Waals surface area contributed by atoms with Gasteiger partial charge in [0.1, 0.15) is 0 Å². The molecule has 0 aliphatic carbocycles. The normalized spacial score (nSPS) is 12.7. The largest absolute Gasteiger partial charge is 0.380 e. The van der Waals surface area contributed by atoms with E-state index in [4.69, 9.17) is 9.88 Å². The lowest BCUT2D eigenvalue weighted by Gasteiger charge is -2.09. The number of aryl methyl sites for hydroxylation is 1. The Balaban J connectivity index is 1.69. The first-order valence-corrected chi connectivity index (χ1v) is 15.3. The summed E-state index contributed by atoms with van der Waals surface area (Å²) in [6.07, 6.45) is 0. The zero-order valence-electron chi connectivity index (χ0n) is 20.6. The van der Waals surface area contributed by atoms with Crippen molar-refractivity contribution in [3.8, 4) is 0 Å². The summed E-state index contributed by atoms with van der Waals surface area (Å²) in [5.41, 5.74) is 1.99. The smallest absolute Gasteiger partial charge is 0.279 e. The SMILES string of the molecule is CCOCCn1c(=NC(=O)c2cccc(NS(=O)(=O)c3ccc(C)cc3)c2)sc2cc(S(N)(=O)=O)ccc21. The molecule has 0 aliphatic rings. The number of fused-ring (bicyclic) bond motifs is 1. The Bertz CT molecular complexity index is 1770. The van der Waals surface area contributed by atoms with E-state index in [1.165, 1.54) is 36.4 Å². The van der Waals surface area contributed by atoms with Gasteiger partial charge in [0.2, 0.25) is 10.0 Å². The number of primary sulfonamides is 1. The van der Waals surface area contributed by atoms with E-state index in [-0.39, 0.29) is 21.0 Å². The zero-order valence-corrected chi connectivity index (χ0v) is 23.1. The molecular formula is C25H26N4O6S3. The molecule has 200 valence electrons. The first-order chi connectivity index (χ1) is 18.0. The van der Waals surface area contributed by atoms with Crippen molar-refractivity contribution in [3.63, 3.8) is 0 Å². The summed E-state index contributed by atoms with van der Waals surface area (Å²) in [6.45, 7) is 4.97. The molecule has 13 heteroatoms. The topological polar surface area (TPSA) is 150 Å². The third kappa shape index (κ3) is 6.37. The summed E-state index contributed by atoms with van der Waals surface area (Å²) in [5.74, 6) is -0.593. The number of carbonyl (C=O) groups excluding carboxylic acids is 1. The molecule has 0 atom stereocenters. The number of benzene rings is 3. The van der Waals surface area contributed by atoms with Crippen LogP contribution >= 0.6 is 11.3 Å². The maximum absolute atomic E-state index is 13.1. The number of anilines is 1. The van der Waals surface area contributed by atoms with Crippen molar-refractivity contribution in [1.82, 2.24) is 4.57 Å². The fourth-order valence-electron chi connectivity index (χ4n) is 3.63. The number of amides is 1. The highest BCUT2D eigenvalue weighted by Gasteiger charge is 2.16. The lowest BCUT2D eigenvalue weighted by Crippen LogP contribution is -2.20. The molecule has 0 fully saturated rings. The lowest BCUT2D eigenvalue weighted by atomic mass is 10.2. The number of carbonyl (C=O) groups is 1. The first-order valence-electron chi connectivity index (χ1n) is 11.5. The minimum absolute atomic E-state index is 0.0466. The quantitative estimate of drug-likeness (QED) is 0.293. The van der Waals surface area contributed by atoms with Gasteiger partial charge in [-0.25, -0.2) is 22.0 Å². The molecule has 3 aromatic carbocycles. The third-order valence-electron chi connectivity index (χ3n) is 5.54. The Morgan fingerprint density at radius 2 is 1.74 bits per heavy atom. The molecule has 0 bridgehead atoms. The standard InChI is InChI=1S/C25H26N4O6S3/c1-3-35-14-13-29-22-12-11-21(37(26,31)32)16-23(22)36-25(29)27-24(30)18-5-4-6-19(15-18)28-38(33,34)20-9-7-17(2)8-10-20/h4-12,15-16,28H,3,13-14H2,1-2H3,(H2,26,31,32). The Kier molecular flexibility index (Phi) is 8.13. The van der Waals surface area contributed by atoms with E-state index in [1.54, 1.807) is 34.9 Å². The summed E-state index contributed by atoms with van der Waals surface area (Å²) < 4.78 is 59.5.